The molecule has 2 N–H and O–H groups in total. The average Bonchev–Trinajstić information content (AvgIpc) is 3.26. The number of nitrogens with one attached hydrogen (secondary N) is 2. The molecule has 2 rings (SSSR count). The van der Waals surface area contributed by atoms with Gasteiger partial charge in [0.15, 0.2) is 11.6 Å². The van der Waals surface area contributed by atoms with E-state index in [4.69, 9.17) is 0 Å². The Hall–Kier alpha value is -2.18. The van der Waals surface area contributed by atoms with Crippen LogP contribution in [-0.4, -0.2) is 44.0 Å². The second-order valence-electron chi connectivity index (χ2n) is 5.54. The minimum Gasteiger partial charge on any atom is -0.354 e. The van der Waals surface area contributed by atoms with E-state index in [1.807, 2.05) is 0 Å². The third-order valence-corrected chi connectivity index (χ3v) is 3.61. The van der Waals surface area contributed by atoms with Crippen molar-refractivity contribution < 1.29 is 18.4 Å². The molecule has 5 nitrogen and oxygen atoms in total. The highest BCUT2D eigenvalue weighted by Crippen LogP contribution is 2.47. The van der Waals surface area contributed by atoms with Crippen molar-refractivity contribution in [1.29, 1.82) is 0 Å². The molecule has 0 unspecified atom stereocenters. The zero-order chi connectivity index (χ0) is 16.3. The van der Waals surface area contributed by atoms with Gasteiger partial charge in [-0.15, -0.1) is 0 Å². The molecule has 1 fully saturated rings. The van der Waals surface area contributed by atoms with Gasteiger partial charge in [0, 0.05) is 33.1 Å². The zero-order valence-corrected chi connectivity index (χ0v) is 12.5. The predicted molar refractivity (Wildman–Crippen MR) is 77.3 cm³/mol. The highest BCUT2D eigenvalue weighted by atomic mass is 19.2. The molecule has 0 heterocycles. The van der Waals surface area contributed by atoms with E-state index in [9.17, 15) is 18.4 Å². The number of urea groups is 1. The summed E-state index contributed by atoms with van der Waals surface area (Å²) >= 11 is 0. The van der Waals surface area contributed by atoms with E-state index >= 15 is 0 Å². The van der Waals surface area contributed by atoms with E-state index in [0.717, 1.165) is 12.1 Å². The quantitative estimate of drug-likeness (QED) is 0.809. The van der Waals surface area contributed by atoms with Crippen LogP contribution in [0.4, 0.5) is 13.6 Å². The van der Waals surface area contributed by atoms with Crippen molar-refractivity contribution >= 4 is 11.9 Å². The normalized spacial score (nSPS) is 19.5. The number of halogens is 2. The van der Waals surface area contributed by atoms with Gasteiger partial charge in [-0.25, -0.2) is 13.6 Å². The number of carbonyl (C=O) groups is 2. The number of nitrogens with zero attached hydrogens (tertiary/aromatic N) is 1. The summed E-state index contributed by atoms with van der Waals surface area (Å²) in [5.74, 6) is -2.19. The van der Waals surface area contributed by atoms with Crippen molar-refractivity contribution in [2.45, 2.75) is 12.3 Å². The number of hydrogen-bond acceptors (Lipinski definition) is 2. The van der Waals surface area contributed by atoms with Crippen LogP contribution in [0, 0.1) is 17.6 Å². The standard InChI is InChI=1S/C15H19F2N3O2/c1-20(2)15(22)19-6-5-18-14(21)11-8-10(11)9-3-4-12(16)13(17)7-9/h3-4,7,10-11H,5-6,8H2,1-2H3,(H,18,21)(H,19,22)/t10-,11+/m1/s1. The molecule has 0 bridgehead atoms. The molecule has 1 saturated carbocycles. The summed E-state index contributed by atoms with van der Waals surface area (Å²) in [5.41, 5.74) is 0.639. The SMILES string of the molecule is CN(C)C(=O)NCCNC(=O)[C@H]1C[C@@H]1c1ccc(F)c(F)c1. The Labute approximate surface area is 127 Å². The van der Waals surface area contributed by atoms with E-state index in [-0.39, 0.29) is 23.8 Å². The van der Waals surface area contributed by atoms with Gasteiger partial charge in [0.25, 0.3) is 0 Å². The fourth-order valence-corrected chi connectivity index (χ4v) is 2.24. The fourth-order valence-electron chi connectivity index (χ4n) is 2.24. The van der Waals surface area contributed by atoms with Gasteiger partial charge < -0.3 is 15.5 Å². The van der Waals surface area contributed by atoms with Gasteiger partial charge in [0.05, 0.1) is 0 Å². The van der Waals surface area contributed by atoms with Crippen LogP contribution >= 0.6 is 0 Å². The van der Waals surface area contributed by atoms with E-state index in [2.05, 4.69) is 10.6 Å². The molecule has 0 aromatic heterocycles. The Kier molecular flexibility index (Phi) is 4.95. The Morgan fingerprint density at radius 1 is 1.18 bits per heavy atom. The smallest absolute Gasteiger partial charge is 0.316 e. The first-order valence-electron chi connectivity index (χ1n) is 7.08. The maximum absolute atomic E-state index is 13.2. The summed E-state index contributed by atoms with van der Waals surface area (Å²) in [6, 6.07) is 3.51. The molecule has 1 aliphatic carbocycles. The summed E-state index contributed by atoms with van der Waals surface area (Å²) in [7, 11) is 3.26. The summed E-state index contributed by atoms with van der Waals surface area (Å²) in [6.07, 6.45) is 0.626. The highest BCUT2D eigenvalue weighted by molar-refractivity contribution is 5.83. The number of benzene rings is 1. The Morgan fingerprint density at radius 3 is 2.50 bits per heavy atom. The molecular weight excluding hydrogens is 292 g/mol. The minimum atomic E-state index is -0.894. The largest absolute Gasteiger partial charge is 0.354 e. The van der Waals surface area contributed by atoms with Crippen LogP contribution < -0.4 is 10.6 Å². The van der Waals surface area contributed by atoms with Crippen molar-refractivity contribution in [2.75, 3.05) is 27.2 Å². The maximum Gasteiger partial charge on any atom is 0.316 e. The summed E-state index contributed by atoms with van der Waals surface area (Å²) in [6.45, 7) is 0.671. The van der Waals surface area contributed by atoms with Crippen LogP contribution in [0.25, 0.3) is 0 Å². The van der Waals surface area contributed by atoms with Crippen molar-refractivity contribution in [2.24, 2.45) is 5.92 Å². The molecule has 120 valence electrons. The van der Waals surface area contributed by atoms with E-state index in [0.29, 0.717) is 25.1 Å². The molecular formula is C15H19F2N3O2. The third kappa shape index (κ3) is 3.93. The third-order valence-electron chi connectivity index (χ3n) is 3.61. The first-order chi connectivity index (χ1) is 10.4. The van der Waals surface area contributed by atoms with Gasteiger partial charge in [0.1, 0.15) is 0 Å². The lowest BCUT2D eigenvalue weighted by atomic mass is 10.1. The molecule has 0 spiro atoms. The van der Waals surface area contributed by atoms with E-state index in [1.165, 1.54) is 11.0 Å². The van der Waals surface area contributed by atoms with Crippen LogP contribution in [0.15, 0.2) is 18.2 Å². The second kappa shape index (κ2) is 6.72. The van der Waals surface area contributed by atoms with Crippen molar-refractivity contribution in [3.8, 4) is 0 Å². The molecule has 22 heavy (non-hydrogen) atoms. The van der Waals surface area contributed by atoms with Gasteiger partial charge in [-0.2, -0.15) is 0 Å². The highest BCUT2D eigenvalue weighted by Gasteiger charge is 2.43. The Balaban J connectivity index is 1.74. The number of rotatable bonds is 5. The summed E-state index contributed by atoms with van der Waals surface area (Å²) in [4.78, 5) is 24.6. The second-order valence-corrected chi connectivity index (χ2v) is 5.54. The predicted octanol–water partition coefficient (Wildman–Crippen LogP) is 1.46. The van der Waals surface area contributed by atoms with Gasteiger partial charge in [-0.1, -0.05) is 6.07 Å². The van der Waals surface area contributed by atoms with Crippen molar-refractivity contribution in [1.82, 2.24) is 15.5 Å². The van der Waals surface area contributed by atoms with Crippen molar-refractivity contribution in [3.63, 3.8) is 0 Å². The number of carbonyl (C=O) groups excluding carboxylic acids is 2. The molecule has 3 amide bonds. The van der Waals surface area contributed by atoms with Crippen LogP contribution in [0.5, 0.6) is 0 Å². The monoisotopic (exact) mass is 311 g/mol. The Bertz CT molecular complexity index is 578. The van der Waals surface area contributed by atoms with Crippen molar-refractivity contribution in [3.05, 3.63) is 35.4 Å². The van der Waals surface area contributed by atoms with Crippen LogP contribution in [0.2, 0.25) is 0 Å². The summed E-state index contributed by atoms with van der Waals surface area (Å²) in [5, 5.41) is 5.36. The van der Waals surface area contributed by atoms with Gasteiger partial charge in [0.2, 0.25) is 5.91 Å². The Morgan fingerprint density at radius 2 is 1.86 bits per heavy atom. The van der Waals surface area contributed by atoms with Gasteiger partial charge in [-0.3, -0.25) is 4.79 Å². The van der Waals surface area contributed by atoms with Gasteiger partial charge >= 0.3 is 6.03 Å². The van der Waals surface area contributed by atoms with Crippen LogP contribution in [-0.2, 0) is 4.79 Å². The average molecular weight is 311 g/mol. The zero-order valence-electron chi connectivity index (χ0n) is 12.5. The molecule has 2 atom stereocenters. The first kappa shape index (κ1) is 16.2. The topological polar surface area (TPSA) is 61.4 Å². The molecule has 1 aromatic rings. The fraction of sp³-hybridized carbons (Fsp3) is 0.467. The van der Waals surface area contributed by atoms with E-state index < -0.39 is 11.6 Å². The molecule has 0 radical (unpaired) electrons. The van der Waals surface area contributed by atoms with Crippen LogP contribution in [0.1, 0.15) is 17.9 Å². The number of amides is 3. The molecule has 0 aliphatic heterocycles. The lowest BCUT2D eigenvalue weighted by molar-refractivity contribution is -0.122. The molecule has 7 heteroatoms. The molecule has 1 aromatic carbocycles. The van der Waals surface area contributed by atoms with Crippen LogP contribution in [0.3, 0.4) is 0 Å². The van der Waals surface area contributed by atoms with E-state index in [1.54, 1.807) is 14.1 Å². The first-order valence-corrected chi connectivity index (χ1v) is 7.08. The van der Waals surface area contributed by atoms with Gasteiger partial charge in [-0.05, 0) is 30.0 Å². The molecule has 0 saturated heterocycles. The minimum absolute atomic E-state index is 0.0635. The summed E-state index contributed by atoms with van der Waals surface area (Å²) < 4.78 is 26.0. The number of hydrogen-bond donors (Lipinski definition) is 2. The maximum atomic E-state index is 13.2. The lowest BCUT2D eigenvalue weighted by Crippen LogP contribution is -2.40. The lowest BCUT2D eigenvalue weighted by Gasteiger charge is -2.12. The molecule has 1 aliphatic rings.